The molecule has 1 aliphatic carbocycles. The molecule has 59 heavy (non-hydrogen) atoms. The summed E-state index contributed by atoms with van der Waals surface area (Å²) >= 11 is 0. The predicted octanol–water partition coefficient (Wildman–Crippen LogP) is 15.4. The molecule has 11 aromatic rings. The molecule has 0 aliphatic heterocycles. The third kappa shape index (κ3) is 5.06. The summed E-state index contributed by atoms with van der Waals surface area (Å²) in [6.07, 6.45) is 0. The van der Waals surface area contributed by atoms with E-state index < -0.39 is 5.41 Å². The number of para-hydroxylation sites is 1. The Bertz CT molecular complexity index is 3340. The van der Waals surface area contributed by atoms with Crippen molar-refractivity contribution in [2.45, 2.75) is 5.41 Å². The molecule has 0 fully saturated rings. The Morgan fingerprint density at radius 2 is 0.932 bits per heavy atom. The van der Waals surface area contributed by atoms with Crippen LogP contribution in [0.15, 0.2) is 229 Å². The summed E-state index contributed by atoms with van der Waals surface area (Å²) in [7, 11) is 0. The normalized spacial score (nSPS) is 12.9. The van der Waals surface area contributed by atoms with Crippen LogP contribution in [0.2, 0.25) is 0 Å². The van der Waals surface area contributed by atoms with Crippen LogP contribution in [0.3, 0.4) is 0 Å². The second-order valence-electron chi connectivity index (χ2n) is 15.6. The lowest BCUT2D eigenvalue weighted by Crippen LogP contribution is -2.28. The van der Waals surface area contributed by atoms with Crippen LogP contribution in [0, 0.1) is 0 Å². The number of furan rings is 1. The van der Waals surface area contributed by atoms with Gasteiger partial charge >= 0.3 is 0 Å². The fourth-order valence-electron chi connectivity index (χ4n) is 9.86. The van der Waals surface area contributed by atoms with Gasteiger partial charge in [-0.2, -0.15) is 0 Å². The number of fused-ring (bicyclic) bond motifs is 9. The van der Waals surface area contributed by atoms with Gasteiger partial charge in [0.25, 0.3) is 0 Å². The third-order valence-corrected chi connectivity index (χ3v) is 12.5. The van der Waals surface area contributed by atoms with Gasteiger partial charge in [-0.3, -0.25) is 0 Å². The zero-order chi connectivity index (χ0) is 38.9. The number of hydrogen-bond donors (Lipinski definition) is 0. The Morgan fingerprint density at radius 1 is 0.339 bits per heavy atom. The molecule has 0 saturated heterocycles. The maximum absolute atomic E-state index is 7.01. The number of anilines is 3. The second-order valence-corrected chi connectivity index (χ2v) is 15.6. The van der Waals surface area contributed by atoms with Crippen LogP contribution in [0.5, 0.6) is 0 Å². The Balaban J connectivity index is 1.09. The maximum atomic E-state index is 7.01. The molecule has 0 bridgehead atoms. The van der Waals surface area contributed by atoms with Gasteiger partial charge in [0.05, 0.1) is 11.1 Å². The smallest absolute Gasteiger partial charge is 0.159 e. The molecule has 0 saturated carbocycles. The van der Waals surface area contributed by atoms with Gasteiger partial charge < -0.3 is 9.32 Å². The van der Waals surface area contributed by atoms with E-state index >= 15 is 0 Å². The first-order valence-electron chi connectivity index (χ1n) is 20.3. The topological polar surface area (TPSA) is 16.4 Å². The Labute approximate surface area is 342 Å². The van der Waals surface area contributed by atoms with E-state index in [1.165, 1.54) is 60.7 Å². The largest absolute Gasteiger partial charge is 0.453 e. The van der Waals surface area contributed by atoms with E-state index in [0.29, 0.717) is 0 Å². The minimum absolute atomic E-state index is 0.473. The molecule has 0 unspecified atom stereocenters. The van der Waals surface area contributed by atoms with Crippen molar-refractivity contribution >= 4 is 60.5 Å². The van der Waals surface area contributed by atoms with Crippen molar-refractivity contribution in [2.75, 3.05) is 4.90 Å². The van der Waals surface area contributed by atoms with E-state index in [0.717, 1.165) is 44.4 Å². The van der Waals surface area contributed by atoms with Gasteiger partial charge in [-0.1, -0.05) is 182 Å². The molecule has 0 spiro atoms. The maximum Gasteiger partial charge on any atom is 0.159 e. The fraction of sp³-hybridized carbons (Fsp3) is 0.0175. The van der Waals surface area contributed by atoms with Crippen LogP contribution in [0.1, 0.15) is 22.3 Å². The van der Waals surface area contributed by atoms with Crippen molar-refractivity contribution in [1.29, 1.82) is 0 Å². The first-order chi connectivity index (χ1) is 29.3. The first kappa shape index (κ1) is 33.5. The van der Waals surface area contributed by atoms with Gasteiger partial charge in [0.15, 0.2) is 5.58 Å². The second kappa shape index (κ2) is 13.2. The molecule has 10 aromatic carbocycles. The van der Waals surface area contributed by atoms with Gasteiger partial charge in [-0.05, 0) is 103 Å². The molecule has 0 atom stereocenters. The highest BCUT2D eigenvalue weighted by atomic mass is 16.3. The molecule has 1 aliphatic rings. The summed E-state index contributed by atoms with van der Waals surface area (Å²) in [6.45, 7) is 0. The highest BCUT2D eigenvalue weighted by molar-refractivity contribution is 6.17. The number of hydrogen-bond acceptors (Lipinski definition) is 2. The quantitative estimate of drug-likeness (QED) is 0.168. The van der Waals surface area contributed by atoms with Gasteiger partial charge in [0, 0.05) is 27.5 Å². The number of nitrogens with zero attached hydrogens (tertiary/aromatic N) is 1. The van der Waals surface area contributed by atoms with Crippen LogP contribution >= 0.6 is 0 Å². The summed E-state index contributed by atoms with van der Waals surface area (Å²) in [4.78, 5) is 2.38. The van der Waals surface area contributed by atoms with Gasteiger partial charge in [-0.25, -0.2) is 0 Å². The number of rotatable bonds is 6. The van der Waals surface area contributed by atoms with Crippen LogP contribution in [0.25, 0.3) is 65.7 Å². The highest BCUT2D eigenvalue weighted by Crippen LogP contribution is 2.57. The molecular formula is C57H37NO. The van der Waals surface area contributed by atoms with Gasteiger partial charge in [-0.15, -0.1) is 0 Å². The molecule has 0 N–H and O–H groups in total. The fourth-order valence-corrected chi connectivity index (χ4v) is 9.86. The average molecular weight is 752 g/mol. The Morgan fingerprint density at radius 3 is 1.73 bits per heavy atom. The predicted molar refractivity (Wildman–Crippen MR) is 246 cm³/mol. The van der Waals surface area contributed by atoms with E-state index in [9.17, 15) is 0 Å². The zero-order valence-electron chi connectivity index (χ0n) is 32.2. The molecule has 276 valence electrons. The van der Waals surface area contributed by atoms with Crippen molar-refractivity contribution in [1.82, 2.24) is 0 Å². The van der Waals surface area contributed by atoms with Gasteiger partial charge in [0.2, 0.25) is 0 Å². The minimum atomic E-state index is -0.473. The molecular weight excluding hydrogens is 715 g/mol. The van der Waals surface area contributed by atoms with Crippen LogP contribution < -0.4 is 4.90 Å². The van der Waals surface area contributed by atoms with E-state index in [1.54, 1.807) is 0 Å². The Kier molecular flexibility index (Phi) is 7.48. The minimum Gasteiger partial charge on any atom is -0.453 e. The summed E-state index contributed by atoms with van der Waals surface area (Å²) in [5.74, 6) is 0. The molecule has 0 radical (unpaired) electrons. The van der Waals surface area contributed by atoms with E-state index in [-0.39, 0.29) is 0 Å². The summed E-state index contributed by atoms with van der Waals surface area (Å²) in [6, 6.07) is 81.7. The molecule has 1 heterocycles. The first-order valence-corrected chi connectivity index (χ1v) is 20.3. The van der Waals surface area contributed by atoms with Crippen molar-refractivity contribution in [3.63, 3.8) is 0 Å². The third-order valence-electron chi connectivity index (χ3n) is 12.5. The molecule has 0 amide bonds. The highest BCUT2D eigenvalue weighted by Gasteiger charge is 2.46. The molecule has 2 nitrogen and oxygen atoms in total. The van der Waals surface area contributed by atoms with Crippen molar-refractivity contribution in [3.8, 4) is 22.3 Å². The van der Waals surface area contributed by atoms with Crippen LogP contribution in [-0.4, -0.2) is 0 Å². The summed E-state index contributed by atoms with van der Waals surface area (Å²) in [5, 5.41) is 6.98. The average Bonchev–Trinajstić information content (AvgIpc) is 3.85. The molecule has 1 aromatic heterocycles. The van der Waals surface area contributed by atoms with E-state index in [4.69, 9.17) is 4.42 Å². The summed E-state index contributed by atoms with van der Waals surface area (Å²) in [5.41, 5.74) is 14.3. The number of benzene rings is 10. The lowest BCUT2D eigenvalue weighted by Gasteiger charge is -2.34. The van der Waals surface area contributed by atoms with Crippen LogP contribution in [0.4, 0.5) is 17.1 Å². The van der Waals surface area contributed by atoms with Crippen molar-refractivity contribution in [2.24, 2.45) is 0 Å². The lowest BCUT2D eigenvalue weighted by molar-refractivity contribution is 0.673. The Hall–Kier alpha value is -7.68. The lowest BCUT2D eigenvalue weighted by atomic mass is 9.68. The molecule has 12 rings (SSSR count). The monoisotopic (exact) mass is 751 g/mol. The van der Waals surface area contributed by atoms with E-state index in [1.807, 2.05) is 0 Å². The standard InChI is InChI=1S/C57H37NO/c1-3-17-43(18-4-1)57(44-19-5-2-6-20-44)52-24-12-11-22-48(52)51-37-46(33-35-53(51)57)58(45-31-28-39(29-32-45)42-27-26-38-14-7-8-16-41(38)36-42)54-25-13-23-49-50-34-30-40-15-9-10-21-47(40)55(50)59-56(49)54/h1-37H. The van der Waals surface area contributed by atoms with Crippen molar-refractivity contribution in [3.05, 3.63) is 247 Å². The van der Waals surface area contributed by atoms with Crippen molar-refractivity contribution < 1.29 is 4.42 Å². The zero-order valence-corrected chi connectivity index (χ0v) is 32.2. The van der Waals surface area contributed by atoms with E-state index in [2.05, 4.69) is 229 Å². The summed E-state index contributed by atoms with van der Waals surface area (Å²) < 4.78 is 7.01. The van der Waals surface area contributed by atoms with Gasteiger partial charge in [0.1, 0.15) is 5.58 Å². The molecule has 2 heteroatoms. The SMILES string of the molecule is c1ccc(C2(c3ccccc3)c3ccccc3-c3cc(N(c4ccc(-c5ccc6ccccc6c5)cc4)c4cccc5c4oc4c6ccccc6ccc54)ccc32)cc1. The van der Waals surface area contributed by atoms with Crippen LogP contribution in [-0.2, 0) is 5.41 Å².